The van der Waals surface area contributed by atoms with E-state index in [2.05, 4.69) is 9.89 Å². The van der Waals surface area contributed by atoms with Crippen LogP contribution in [0, 0.1) is 0 Å². The molecule has 1 saturated heterocycles. The number of aliphatic imine (C=N–C) groups is 1. The molecule has 0 atom stereocenters. The van der Waals surface area contributed by atoms with E-state index in [1.54, 1.807) is 0 Å². The van der Waals surface area contributed by atoms with Gasteiger partial charge in [-0.3, -0.25) is 0 Å². The van der Waals surface area contributed by atoms with Crippen LogP contribution in [0.25, 0.3) is 0 Å². The number of hydrogen-bond donors (Lipinski definition) is 1. The van der Waals surface area contributed by atoms with Crippen molar-refractivity contribution in [1.82, 2.24) is 4.90 Å². The van der Waals surface area contributed by atoms with Gasteiger partial charge in [-0.1, -0.05) is 18.2 Å². The van der Waals surface area contributed by atoms with Gasteiger partial charge in [-0.2, -0.15) is 0 Å². The van der Waals surface area contributed by atoms with E-state index < -0.39 is 0 Å². The van der Waals surface area contributed by atoms with Gasteiger partial charge in [0.2, 0.25) is 0 Å². The molecule has 0 amide bonds. The van der Waals surface area contributed by atoms with E-state index in [1.165, 1.54) is 0 Å². The van der Waals surface area contributed by atoms with E-state index in [9.17, 15) is 0 Å². The first-order chi connectivity index (χ1) is 7.86. The van der Waals surface area contributed by atoms with Gasteiger partial charge in [0.15, 0.2) is 5.96 Å². The third-order valence-electron chi connectivity index (χ3n) is 2.55. The fourth-order valence-electron chi connectivity index (χ4n) is 1.68. The van der Waals surface area contributed by atoms with Gasteiger partial charge in [-0.05, 0) is 18.6 Å². The quantitative estimate of drug-likeness (QED) is 0.573. The number of nitrogens with two attached hydrogens (primary N) is 1. The lowest BCUT2D eigenvalue weighted by molar-refractivity contribution is 0.147. The first-order valence-corrected chi connectivity index (χ1v) is 5.58. The van der Waals surface area contributed by atoms with Crippen molar-refractivity contribution in [2.24, 2.45) is 10.7 Å². The van der Waals surface area contributed by atoms with Gasteiger partial charge in [0.05, 0.1) is 12.3 Å². The van der Waals surface area contributed by atoms with Crippen molar-refractivity contribution >= 4 is 11.6 Å². The molecule has 16 heavy (non-hydrogen) atoms. The Bertz CT molecular complexity index is 343. The molecule has 1 aromatic rings. The molecular formula is C12H17N3O. The molecule has 1 fully saturated rings. The van der Waals surface area contributed by atoms with E-state index in [0.29, 0.717) is 5.96 Å². The highest BCUT2D eigenvalue weighted by molar-refractivity contribution is 5.81. The molecule has 0 aliphatic carbocycles. The summed E-state index contributed by atoms with van der Waals surface area (Å²) in [7, 11) is 0. The Kier molecular flexibility index (Phi) is 3.77. The number of hydrogen-bond acceptors (Lipinski definition) is 2. The highest BCUT2D eigenvalue weighted by atomic mass is 16.5. The number of nitrogens with zero attached hydrogens (tertiary/aromatic N) is 2. The number of guanidine groups is 1. The summed E-state index contributed by atoms with van der Waals surface area (Å²) in [6, 6.07) is 9.77. The number of para-hydroxylation sites is 1. The van der Waals surface area contributed by atoms with E-state index >= 15 is 0 Å². The molecule has 2 rings (SSSR count). The fraction of sp³-hybridized carbons (Fsp3) is 0.417. The van der Waals surface area contributed by atoms with Crippen LogP contribution in [0.5, 0.6) is 0 Å². The molecule has 0 unspecified atom stereocenters. The third kappa shape index (κ3) is 2.97. The lowest BCUT2D eigenvalue weighted by Crippen LogP contribution is -2.38. The largest absolute Gasteiger partial charge is 0.380 e. The lowest BCUT2D eigenvalue weighted by Gasteiger charge is -2.20. The molecule has 0 radical (unpaired) electrons. The van der Waals surface area contributed by atoms with Crippen molar-refractivity contribution in [1.29, 1.82) is 0 Å². The Hall–Kier alpha value is -1.55. The summed E-state index contributed by atoms with van der Waals surface area (Å²) in [4.78, 5) is 6.46. The molecular weight excluding hydrogens is 202 g/mol. The minimum absolute atomic E-state index is 0.580. The zero-order chi connectivity index (χ0) is 11.2. The summed E-state index contributed by atoms with van der Waals surface area (Å²) in [6.45, 7) is 3.28. The van der Waals surface area contributed by atoms with E-state index in [1.807, 2.05) is 30.3 Å². The number of rotatable bonds is 1. The highest BCUT2D eigenvalue weighted by Crippen LogP contribution is 2.10. The topological polar surface area (TPSA) is 50.8 Å². The van der Waals surface area contributed by atoms with Gasteiger partial charge in [-0.15, -0.1) is 0 Å². The summed E-state index contributed by atoms with van der Waals surface area (Å²) in [5.74, 6) is 0.580. The molecule has 4 heteroatoms. The van der Waals surface area contributed by atoms with Crippen LogP contribution in [-0.4, -0.2) is 37.2 Å². The highest BCUT2D eigenvalue weighted by Gasteiger charge is 2.10. The second kappa shape index (κ2) is 5.51. The molecule has 2 N–H and O–H groups in total. The van der Waals surface area contributed by atoms with Crippen LogP contribution in [0.3, 0.4) is 0 Å². The lowest BCUT2D eigenvalue weighted by atomic mass is 10.3. The van der Waals surface area contributed by atoms with Gasteiger partial charge in [-0.25, -0.2) is 4.99 Å². The van der Waals surface area contributed by atoms with Crippen LogP contribution in [0.2, 0.25) is 0 Å². The van der Waals surface area contributed by atoms with Crippen LogP contribution >= 0.6 is 0 Å². The minimum Gasteiger partial charge on any atom is -0.380 e. The van der Waals surface area contributed by atoms with Crippen molar-refractivity contribution < 1.29 is 4.74 Å². The molecule has 1 aliphatic heterocycles. The second-order valence-corrected chi connectivity index (χ2v) is 3.76. The average molecular weight is 219 g/mol. The third-order valence-corrected chi connectivity index (χ3v) is 2.55. The van der Waals surface area contributed by atoms with Crippen molar-refractivity contribution in [3.63, 3.8) is 0 Å². The van der Waals surface area contributed by atoms with Crippen LogP contribution in [0.15, 0.2) is 35.3 Å². The normalized spacial score (nSPS) is 18.2. The summed E-state index contributed by atoms with van der Waals surface area (Å²) < 4.78 is 5.37. The number of ether oxygens (including phenoxy) is 1. The molecule has 4 nitrogen and oxygen atoms in total. The van der Waals surface area contributed by atoms with Gasteiger partial charge in [0, 0.05) is 19.7 Å². The van der Waals surface area contributed by atoms with Crippen LogP contribution in [-0.2, 0) is 4.74 Å². The predicted molar refractivity (Wildman–Crippen MR) is 64.7 cm³/mol. The van der Waals surface area contributed by atoms with Crippen molar-refractivity contribution in [2.75, 3.05) is 26.3 Å². The Morgan fingerprint density at radius 1 is 1.19 bits per heavy atom. The van der Waals surface area contributed by atoms with E-state index in [0.717, 1.165) is 38.4 Å². The van der Waals surface area contributed by atoms with E-state index in [-0.39, 0.29) is 0 Å². The Morgan fingerprint density at radius 2 is 2.00 bits per heavy atom. The maximum absolute atomic E-state index is 5.97. The van der Waals surface area contributed by atoms with Gasteiger partial charge < -0.3 is 15.4 Å². The zero-order valence-electron chi connectivity index (χ0n) is 9.30. The smallest absolute Gasteiger partial charge is 0.196 e. The molecule has 0 bridgehead atoms. The average Bonchev–Trinajstić information content (AvgIpc) is 2.59. The molecule has 0 spiro atoms. The first-order valence-electron chi connectivity index (χ1n) is 5.58. The van der Waals surface area contributed by atoms with Crippen molar-refractivity contribution in [2.45, 2.75) is 6.42 Å². The maximum atomic E-state index is 5.97. The van der Waals surface area contributed by atoms with Crippen LogP contribution < -0.4 is 5.73 Å². The second-order valence-electron chi connectivity index (χ2n) is 3.76. The molecule has 1 heterocycles. The summed E-state index contributed by atoms with van der Waals surface area (Å²) >= 11 is 0. The Labute approximate surface area is 95.7 Å². The Morgan fingerprint density at radius 3 is 2.81 bits per heavy atom. The van der Waals surface area contributed by atoms with Crippen LogP contribution in [0.1, 0.15) is 6.42 Å². The Balaban J connectivity index is 2.05. The molecule has 1 aromatic carbocycles. The van der Waals surface area contributed by atoms with Crippen molar-refractivity contribution in [3.8, 4) is 0 Å². The minimum atomic E-state index is 0.580. The number of benzene rings is 1. The molecule has 0 aromatic heterocycles. The summed E-state index contributed by atoms with van der Waals surface area (Å²) in [5.41, 5.74) is 6.86. The monoisotopic (exact) mass is 219 g/mol. The zero-order valence-corrected chi connectivity index (χ0v) is 9.30. The van der Waals surface area contributed by atoms with Gasteiger partial charge in [0.25, 0.3) is 0 Å². The van der Waals surface area contributed by atoms with Gasteiger partial charge >= 0.3 is 0 Å². The standard InChI is InChI=1S/C12H17N3O/c13-12(14-11-5-2-1-3-6-11)15-7-4-9-16-10-8-15/h1-3,5-6H,4,7-10H2,(H2,13,14). The molecule has 0 saturated carbocycles. The van der Waals surface area contributed by atoms with E-state index in [4.69, 9.17) is 10.5 Å². The van der Waals surface area contributed by atoms with Crippen LogP contribution in [0.4, 0.5) is 5.69 Å². The molecule has 86 valence electrons. The molecule has 1 aliphatic rings. The van der Waals surface area contributed by atoms with Gasteiger partial charge in [0.1, 0.15) is 0 Å². The van der Waals surface area contributed by atoms with Crippen molar-refractivity contribution in [3.05, 3.63) is 30.3 Å². The summed E-state index contributed by atoms with van der Waals surface area (Å²) in [5, 5.41) is 0. The maximum Gasteiger partial charge on any atom is 0.196 e. The predicted octanol–water partition coefficient (Wildman–Crippen LogP) is 1.36. The fourth-order valence-corrected chi connectivity index (χ4v) is 1.68. The first kappa shape index (κ1) is 11.0. The summed E-state index contributed by atoms with van der Waals surface area (Å²) in [6.07, 6.45) is 1.00. The SMILES string of the molecule is NC(=Nc1ccccc1)N1CCCOCC1.